The van der Waals surface area contributed by atoms with E-state index in [2.05, 4.69) is 50.4 Å². The van der Waals surface area contributed by atoms with Gasteiger partial charge in [-0.1, -0.05) is 27.2 Å². The van der Waals surface area contributed by atoms with E-state index >= 15 is 0 Å². The maximum atomic E-state index is 5.31. The third-order valence-electron chi connectivity index (χ3n) is 2.49. The van der Waals surface area contributed by atoms with Crippen LogP contribution in [0.4, 0.5) is 0 Å². The van der Waals surface area contributed by atoms with Crippen molar-refractivity contribution in [1.82, 2.24) is 15.5 Å². The summed E-state index contributed by atoms with van der Waals surface area (Å²) in [4.78, 5) is 2.20. The van der Waals surface area contributed by atoms with Crippen LogP contribution in [0.5, 0.6) is 0 Å². The fraction of sp³-hybridized carbons (Fsp3) is 0.923. The molecule has 102 valence electrons. The molecule has 3 nitrogen and oxygen atoms in total. The van der Waals surface area contributed by atoms with Crippen LogP contribution in [-0.4, -0.2) is 43.2 Å². The molecular formula is C13H29N3S. The summed E-state index contributed by atoms with van der Waals surface area (Å²) in [6.07, 6.45) is 3.51. The Labute approximate surface area is 112 Å². The first kappa shape index (κ1) is 16.6. The van der Waals surface area contributed by atoms with E-state index in [0.717, 1.165) is 24.6 Å². The van der Waals surface area contributed by atoms with Gasteiger partial charge in [0.25, 0.3) is 0 Å². The minimum atomic E-state index is 0.437. The highest BCUT2D eigenvalue weighted by Crippen LogP contribution is 2.05. The molecule has 1 atom stereocenters. The number of nitrogens with one attached hydrogen (secondary N) is 2. The number of rotatable bonds is 8. The zero-order valence-corrected chi connectivity index (χ0v) is 12.9. The predicted molar refractivity (Wildman–Crippen MR) is 80.4 cm³/mol. The molecule has 0 fully saturated rings. The van der Waals surface area contributed by atoms with E-state index in [4.69, 9.17) is 12.2 Å². The van der Waals surface area contributed by atoms with Crippen molar-refractivity contribution in [2.24, 2.45) is 5.92 Å². The van der Waals surface area contributed by atoms with Gasteiger partial charge < -0.3 is 15.5 Å². The van der Waals surface area contributed by atoms with Crippen molar-refractivity contribution in [1.29, 1.82) is 0 Å². The van der Waals surface area contributed by atoms with Gasteiger partial charge in [0.05, 0.1) is 0 Å². The second-order valence-corrected chi connectivity index (χ2v) is 5.75. The lowest BCUT2D eigenvalue weighted by Crippen LogP contribution is -2.47. The second-order valence-electron chi connectivity index (χ2n) is 5.34. The number of thiocarbonyl (C=S) groups is 1. The summed E-state index contributed by atoms with van der Waals surface area (Å²) >= 11 is 5.31. The maximum absolute atomic E-state index is 5.31. The maximum Gasteiger partial charge on any atom is 0.166 e. The number of unbranched alkanes of at least 4 members (excludes halogenated alkanes) is 1. The summed E-state index contributed by atoms with van der Waals surface area (Å²) in [6.45, 7) is 8.67. The molecule has 0 bridgehead atoms. The van der Waals surface area contributed by atoms with Crippen LogP contribution < -0.4 is 10.6 Å². The van der Waals surface area contributed by atoms with Crippen molar-refractivity contribution in [2.75, 3.05) is 27.2 Å². The topological polar surface area (TPSA) is 27.3 Å². The van der Waals surface area contributed by atoms with E-state index in [1.807, 2.05) is 0 Å². The summed E-state index contributed by atoms with van der Waals surface area (Å²) < 4.78 is 0. The number of hydrogen-bond donors (Lipinski definition) is 2. The molecule has 0 amide bonds. The molecule has 0 aromatic carbocycles. The Morgan fingerprint density at radius 2 is 1.94 bits per heavy atom. The number of hydrogen-bond acceptors (Lipinski definition) is 2. The first-order valence-corrected chi connectivity index (χ1v) is 7.05. The van der Waals surface area contributed by atoms with Crippen LogP contribution >= 0.6 is 12.2 Å². The van der Waals surface area contributed by atoms with Crippen molar-refractivity contribution in [2.45, 2.75) is 46.1 Å². The Morgan fingerprint density at radius 3 is 2.41 bits per heavy atom. The van der Waals surface area contributed by atoms with Crippen molar-refractivity contribution in [3.05, 3.63) is 0 Å². The fourth-order valence-electron chi connectivity index (χ4n) is 1.80. The molecule has 0 aromatic heterocycles. The van der Waals surface area contributed by atoms with Gasteiger partial charge in [-0.15, -0.1) is 0 Å². The molecule has 4 heteroatoms. The van der Waals surface area contributed by atoms with Crippen LogP contribution in [0.3, 0.4) is 0 Å². The van der Waals surface area contributed by atoms with E-state index in [-0.39, 0.29) is 0 Å². The van der Waals surface area contributed by atoms with Crippen LogP contribution in [0.15, 0.2) is 0 Å². The van der Waals surface area contributed by atoms with E-state index < -0.39 is 0 Å². The molecule has 0 aliphatic rings. The minimum absolute atomic E-state index is 0.437. The van der Waals surface area contributed by atoms with Crippen LogP contribution in [0, 0.1) is 5.92 Å². The van der Waals surface area contributed by atoms with E-state index in [1.54, 1.807) is 0 Å². The second kappa shape index (κ2) is 9.66. The largest absolute Gasteiger partial charge is 0.363 e. The van der Waals surface area contributed by atoms with Crippen molar-refractivity contribution >= 4 is 17.3 Å². The fourth-order valence-corrected chi connectivity index (χ4v) is 2.07. The van der Waals surface area contributed by atoms with E-state index in [9.17, 15) is 0 Å². The van der Waals surface area contributed by atoms with Gasteiger partial charge in [-0.25, -0.2) is 0 Å². The highest BCUT2D eigenvalue weighted by atomic mass is 32.1. The van der Waals surface area contributed by atoms with Crippen LogP contribution in [0.25, 0.3) is 0 Å². The van der Waals surface area contributed by atoms with Gasteiger partial charge in [0.2, 0.25) is 0 Å². The van der Waals surface area contributed by atoms with Crippen LogP contribution in [0.1, 0.15) is 40.0 Å². The quantitative estimate of drug-likeness (QED) is 0.516. The smallest absolute Gasteiger partial charge is 0.166 e. The molecule has 17 heavy (non-hydrogen) atoms. The number of likely N-dealkylation sites (N-methyl/N-ethyl adjacent to an activating group) is 1. The third-order valence-corrected chi connectivity index (χ3v) is 2.75. The Morgan fingerprint density at radius 1 is 1.29 bits per heavy atom. The van der Waals surface area contributed by atoms with E-state index in [1.165, 1.54) is 12.8 Å². The molecule has 0 saturated carbocycles. The van der Waals surface area contributed by atoms with Crippen LogP contribution in [-0.2, 0) is 0 Å². The molecule has 0 aliphatic carbocycles. The Kier molecular flexibility index (Phi) is 9.46. The molecule has 0 saturated heterocycles. The van der Waals surface area contributed by atoms with Gasteiger partial charge in [-0.3, -0.25) is 0 Å². The standard InChI is InChI=1S/C13H29N3S/c1-6-7-8-14-13(17)15-12(9-11(2)3)10-16(4)5/h11-12H,6-10H2,1-5H3,(H2,14,15,17). The van der Waals surface area contributed by atoms with E-state index in [0.29, 0.717) is 12.0 Å². The van der Waals surface area contributed by atoms with Gasteiger partial charge >= 0.3 is 0 Å². The molecule has 0 spiro atoms. The Hall–Kier alpha value is -0.350. The molecule has 0 radical (unpaired) electrons. The lowest BCUT2D eigenvalue weighted by Gasteiger charge is -2.25. The average Bonchev–Trinajstić information content (AvgIpc) is 2.15. The molecular weight excluding hydrogens is 230 g/mol. The third kappa shape index (κ3) is 10.5. The van der Waals surface area contributed by atoms with Gasteiger partial charge in [-0.2, -0.15) is 0 Å². The Balaban J connectivity index is 3.99. The summed E-state index contributed by atoms with van der Waals surface area (Å²) in [7, 11) is 4.20. The predicted octanol–water partition coefficient (Wildman–Crippen LogP) is 2.23. The average molecular weight is 259 g/mol. The van der Waals surface area contributed by atoms with Gasteiger partial charge in [0.1, 0.15) is 0 Å². The lowest BCUT2D eigenvalue weighted by molar-refractivity contribution is 0.327. The molecule has 0 heterocycles. The van der Waals surface area contributed by atoms with Gasteiger partial charge in [0.15, 0.2) is 5.11 Å². The molecule has 0 aromatic rings. The zero-order chi connectivity index (χ0) is 13.3. The highest BCUT2D eigenvalue weighted by Gasteiger charge is 2.12. The monoisotopic (exact) mass is 259 g/mol. The number of nitrogens with zero attached hydrogens (tertiary/aromatic N) is 1. The van der Waals surface area contributed by atoms with Gasteiger partial charge in [-0.05, 0) is 45.1 Å². The molecule has 1 unspecified atom stereocenters. The van der Waals surface area contributed by atoms with Crippen molar-refractivity contribution in [3.8, 4) is 0 Å². The molecule has 0 rings (SSSR count). The highest BCUT2D eigenvalue weighted by molar-refractivity contribution is 7.80. The summed E-state index contributed by atoms with van der Waals surface area (Å²) in [5, 5.41) is 7.48. The van der Waals surface area contributed by atoms with Crippen molar-refractivity contribution in [3.63, 3.8) is 0 Å². The zero-order valence-electron chi connectivity index (χ0n) is 12.0. The summed E-state index contributed by atoms with van der Waals surface area (Å²) in [6, 6.07) is 0.437. The summed E-state index contributed by atoms with van der Waals surface area (Å²) in [5.74, 6) is 0.686. The normalized spacial score (nSPS) is 12.9. The SMILES string of the molecule is CCCCNC(=S)NC(CC(C)C)CN(C)C. The first-order chi connectivity index (χ1) is 7.95. The minimum Gasteiger partial charge on any atom is -0.363 e. The lowest BCUT2D eigenvalue weighted by atomic mass is 10.0. The van der Waals surface area contributed by atoms with Crippen molar-refractivity contribution < 1.29 is 0 Å². The molecule has 2 N–H and O–H groups in total. The Bertz CT molecular complexity index is 195. The summed E-state index contributed by atoms with van der Waals surface area (Å²) in [5.41, 5.74) is 0. The van der Waals surface area contributed by atoms with Gasteiger partial charge in [0, 0.05) is 19.1 Å². The molecule has 0 aliphatic heterocycles. The van der Waals surface area contributed by atoms with Crippen LogP contribution in [0.2, 0.25) is 0 Å². The first-order valence-electron chi connectivity index (χ1n) is 6.64.